The maximum Gasteiger partial charge on any atom is 0.255 e. The number of piperazine rings is 1. The number of hydrogen-bond acceptors (Lipinski definition) is 7. The number of piperidine rings is 1. The van der Waals surface area contributed by atoms with E-state index in [0.29, 0.717) is 24.4 Å². The Hall–Kier alpha value is -3.59. The number of hydrogen-bond donors (Lipinski definition) is 2. The van der Waals surface area contributed by atoms with Gasteiger partial charge in [-0.3, -0.25) is 24.6 Å². The quantitative estimate of drug-likeness (QED) is 0.483. The number of nitrogens with one attached hydrogen (secondary N) is 1. The van der Waals surface area contributed by atoms with Gasteiger partial charge in [0.1, 0.15) is 6.04 Å². The van der Waals surface area contributed by atoms with Gasteiger partial charge in [0, 0.05) is 92.9 Å². The zero-order valence-corrected chi connectivity index (χ0v) is 20.4. The highest BCUT2D eigenvalue weighted by molar-refractivity contribution is 6.06. The number of carbonyl (C=O) groups excluding carboxylic acids is 3. The fraction of sp³-hybridized carbons (Fsp3) is 0.444. The Morgan fingerprint density at radius 2 is 1.67 bits per heavy atom. The van der Waals surface area contributed by atoms with Crippen LogP contribution in [0.4, 0.5) is 17.1 Å². The summed E-state index contributed by atoms with van der Waals surface area (Å²) < 4.78 is 0. The maximum absolute atomic E-state index is 13.1. The Kier molecular flexibility index (Phi) is 5.79. The highest BCUT2D eigenvalue weighted by atomic mass is 16.2. The molecular formula is C27H32N6O3. The molecule has 9 heteroatoms. The van der Waals surface area contributed by atoms with E-state index in [2.05, 4.69) is 38.2 Å². The van der Waals surface area contributed by atoms with Crippen molar-refractivity contribution in [2.75, 3.05) is 61.3 Å². The first-order valence-corrected chi connectivity index (χ1v) is 12.8. The molecule has 0 bridgehead atoms. The number of imide groups is 1. The van der Waals surface area contributed by atoms with E-state index >= 15 is 0 Å². The van der Waals surface area contributed by atoms with E-state index in [-0.39, 0.29) is 24.1 Å². The largest absolute Gasteiger partial charge is 0.399 e. The first kappa shape index (κ1) is 22.8. The Morgan fingerprint density at radius 1 is 0.917 bits per heavy atom. The summed E-state index contributed by atoms with van der Waals surface area (Å²) in [5.41, 5.74) is 10.6. The van der Waals surface area contributed by atoms with Gasteiger partial charge in [-0.2, -0.15) is 0 Å². The summed E-state index contributed by atoms with van der Waals surface area (Å²) in [7, 11) is 0. The van der Waals surface area contributed by atoms with Crippen molar-refractivity contribution in [3.8, 4) is 0 Å². The average molecular weight is 489 g/mol. The molecule has 1 atom stereocenters. The molecule has 4 aliphatic rings. The minimum Gasteiger partial charge on any atom is -0.399 e. The molecule has 1 unspecified atom stereocenters. The van der Waals surface area contributed by atoms with E-state index < -0.39 is 6.04 Å². The third-order valence-electron chi connectivity index (χ3n) is 8.00. The molecule has 4 aliphatic heterocycles. The topological polar surface area (TPSA) is 102 Å². The second-order valence-electron chi connectivity index (χ2n) is 10.4. The van der Waals surface area contributed by atoms with Crippen molar-refractivity contribution in [1.29, 1.82) is 0 Å². The lowest BCUT2D eigenvalue weighted by Crippen LogP contribution is -2.55. The van der Waals surface area contributed by atoms with Gasteiger partial charge in [0.2, 0.25) is 11.8 Å². The number of fused-ring (bicyclic) bond motifs is 1. The second kappa shape index (κ2) is 9.13. The molecule has 3 saturated heterocycles. The molecule has 188 valence electrons. The molecule has 0 saturated carbocycles. The summed E-state index contributed by atoms with van der Waals surface area (Å²) in [6.45, 7) is 7.60. The Balaban J connectivity index is 1.04. The van der Waals surface area contributed by atoms with E-state index in [1.807, 2.05) is 24.3 Å². The normalized spacial score (nSPS) is 23.1. The first-order chi connectivity index (χ1) is 17.5. The van der Waals surface area contributed by atoms with Crippen LogP contribution in [0.15, 0.2) is 42.5 Å². The summed E-state index contributed by atoms with van der Waals surface area (Å²) in [5.74, 6) is -0.140. The van der Waals surface area contributed by atoms with Crippen molar-refractivity contribution in [3.63, 3.8) is 0 Å². The van der Waals surface area contributed by atoms with E-state index in [1.165, 1.54) is 5.69 Å². The van der Waals surface area contributed by atoms with Gasteiger partial charge in [-0.05, 0) is 42.8 Å². The number of rotatable bonds is 5. The van der Waals surface area contributed by atoms with Crippen LogP contribution in [0.25, 0.3) is 0 Å². The van der Waals surface area contributed by atoms with Crippen LogP contribution in [0.1, 0.15) is 28.8 Å². The van der Waals surface area contributed by atoms with Crippen LogP contribution in [0.2, 0.25) is 0 Å². The molecule has 6 rings (SSSR count). The lowest BCUT2D eigenvalue weighted by atomic mass is 9.96. The standard InChI is InChI=1S/C27H32N6O3/c28-19-4-6-20(7-5-19)31-12-10-30(11-13-31)14-18-15-32(16-18)23-3-1-2-21-22(23)17-33(27(21)36)24-8-9-25(34)29-26(24)35/h1-7,18,24H,8-17,28H2,(H,29,34,35). The maximum atomic E-state index is 13.1. The molecule has 3 amide bonds. The van der Waals surface area contributed by atoms with Crippen LogP contribution in [0.5, 0.6) is 0 Å². The van der Waals surface area contributed by atoms with E-state index in [0.717, 1.165) is 62.8 Å². The summed E-state index contributed by atoms with van der Waals surface area (Å²) in [6, 6.07) is 13.4. The van der Waals surface area contributed by atoms with Crippen molar-refractivity contribution < 1.29 is 14.4 Å². The number of carbonyl (C=O) groups is 3. The first-order valence-electron chi connectivity index (χ1n) is 12.8. The zero-order chi connectivity index (χ0) is 24.8. The van der Waals surface area contributed by atoms with Crippen LogP contribution in [-0.4, -0.2) is 79.4 Å². The highest BCUT2D eigenvalue weighted by Gasteiger charge is 2.41. The average Bonchev–Trinajstić information content (AvgIpc) is 3.19. The molecule has 4 heterocycles. The van der Waals surface area contributed by atoms with Gasteiger partial charge in [-0.25, -0.2) is 0 Å². The molecule has 0 spiro atoms. The fourth-order valence-electron chi connectivity index (χ4n) is 5.99. The number of nitrogens with two attached hydrogens (primary N) is 1. The van der Waals surface area contributed by atoms with Crippen LogP contribution >= 0.6 is 0 Å². The van der Waals surface area contributed by atoms with Crippen LogP contribution in [0.3, 0.4) is 0 Å². The van der Waals surface area contributed by atoms with Crippen molar-refractivity contribution in [3.05, 3.63) is 53.6 Å². The van der Waals surface area contributed by atoms with Crippen molar-refractivity contribution in [2.45, 2.75) is 25.4 Å². The number of amides is 3. The fourth-order valence-corrected chi connectivity index (χ4v) is 5.99. The molecule has 0 radical (unpaired) electrons. The Morgan fingerprint density at radius 3 is 2.39 bits per heavy atom. The minimum absolute atomic E-state index is 0.114. The smallest absolute Gasteiger partial charge is 0.255 e. The van der Waals surface area contributed by atoms with Crippen molar-refractivity contribution in [2.24, 2.45) is 5.92 Å². The number of nitrogens with zero attached hydrogens (tertiary/aromatic N) is 4. The van der Waals surface area contributed by atoms with Crippen molar-refractivity contribution in [1.82, 2.24) is 15.1 Å². The highest BCUT2D eigenvalue weighted by Crippen LogP contribution is 2.37. The third-order valence-corrected chi connectivity index (χ3v) is 8.00. The lowest BCUT2D eigenvalue weighted by molar-refractivity contribution is -0.136. The SMILES string of the molecule is Nc1ccc(N2CCN(CC3CN(c4cccc5c4CN(C4CCC(=O)NC4=O)C5=O)C3)CC2)cc1. The van der Waals surface area contributed by atoms with Gasteiger partial charge >= 0.3 is 0 Å². The van der Waals surface area contributed by atoms with Gasteiger partial charge in [-0.1, -0.05) is 6.07 Å². The molecule has 3 N–H and O–H groups in total. The Bertz CT molecular complexity index is 1180. The third kappa shape index (κ3) is 4.17. The molecule has 9 nitrogen and oxygen atoms in total. The number of nitrogen functional groups attached to an aromatic ring is 1. The monoisotopic (exact) mass is 488 g/mol. The summed E-state index contributed by atoms with van der Waals surface area (Å²) in [4.78, 5) is 46.0. The molecule has 2 aromatic carbocycles. The zero-order valence-electron chi connectivity index (χ0n) is 20.4. The van der Waals surface area contributed by atoms with Crippen molar-refractivity contribution >= 4 is 34.8 Å². The van der Waals surface area contributed by atoms with E-state index in [4.69, 9.17) is 5.73 Å². The molecule has 0 aliphatic carbocycles. The van der Waals surface area contributed by atoms with Crippen LogP contribution in [0, 0.1) is 5.92 Å². The van der Waals surface area contributed by atoms with Crippen LogP contribution in [-0.2, 0) is 16.1 Å². The molecule has 0 aromatic heterocycles. The minimum atomic E-state index is -0.577. The summed E-state index contributed by atoms with van der Waals surface area (Å²) in [5, 5.41) is 2.38. The van der Waals surface area contributed by atoms with Gasteiger partial charge in [0.05, 0.1) is 0 Å². The summed E-state index contributed by atoms with van der Waals surface area (Å²) in [6.07, 6.45) is 0.655. The predicted molar refractivity (Wildman–Crippen MR) is 138 cm³/mol. The van der Waals surface area contributed by atoms with Gasteiger partial charge in [-0.15, -0.1) is 0 Å². The summed E-state index contributed by atoms with van der Waals surface area (Å²) >= 11 is 0. The Labute approximate surface area is 210 Å². The lowest BCUT2D eigenvalue weighted by Gasteiger charge is -2.45. The predicted octanol–water partition coefficient (Wildman–Crippen LogP) is 1.29. The van der Waals surface area contributed by atoms with Gasteiger partial charge in [0.15, 0.2) is 0 Å². The van der Waals surface area contributed by atoms with E-state index in [9.17, 15) is 14.4 Å². The number of anilines is 3. The second-order valence-corrected chi connectivity index (χ2v) is 10.4. The van der Waals surface area contributed by atoms with Gasteiger partial charge in [0.25, 0.3) is 5.91 Å². The van der Waals surface area contributed by atoms with Crippen LogP contribution < -0.4 is 20.9 Å². The molecular weight excluding hydrogens is 456 g/mol. The van der Waals surface area contributed by atoms with E-state index in [1.54, 1.807) is 4.90 Å². The molecule has 3 fully saturated rings. The van der Waals surface area contributed by atoms with Gasteiger partial charge < -0.3 is 20.4 Å². The molecule has 36 heavy (non-hydrogen) atoms. The number of benzene rings is 2. The molecule has 2 aromatic rings.